The second-order valence-electron chi connectivity index (χ2n) is 10.2. The van der Waals surface area contributed by atoms with E-state index < -0.39 is 0 Å². The Labute approximate surface area is 141 Å². The highest BCUT2D eigenvalue weighted by atomic mass is 16.6. The van der Waals surface area contributed by atoms with Crippen molar-refractivity contribution >= 4 is 0 Å². The zero-order valence-electron chi connectivity index (χ0n) is 15.2. The maximum atomic E-state index is 10.1. The predicted molar refractivity (Wildman–Crippen MR) is 91.0 cm³/mol. The molecule has 0 amide bonds. The van der Waals surface area contributed by atoms with Crippen molar-refractivity contribution in [3.8, 4) is 0 Å². The summed E-state index contributed by atoms with van der Waals surface area (Å²) in [6.45, 7) is 7.47. The lowest BCUT2D eigenvalue weighted by Gasteiger charge is -2.60. The molecule has 5 fully saturated rings. The molecule has 0 aromatic rings. The molecule has 2 nitrogen and oxygen atoms in total. The van der Waals surface area contributed by atoms with Crippen molar-refractivity contribution in [2.75, 3.05) is 0 Å². The van der Waals surface area contributed by atoms with Gasteiger partial charge in [0.15, 0.2) is 0 Å². The van der Waals surface area contributed by atoms with E-state index in [2.05, 4.69) is 20.8 Å². The SMILES string of the molecule is CC1O[C@@]12CC[C@H]1[C@@H]3CCC4CC(O)CC[C@]4(C)[C@H]3CC[C@@]12C. The molecular formula is C21H34O2. The van der Waals surface area contributed by atoms with E-state index in [-0.39, 0.29) is 11.7 Å². The van der Waals surface area contributed by atoms with Crippen molar-refractivity contribution in [2.45, 2.75) is 96.4 Å². The minimum absolute atomic E-state index is 0.0195. The fraction of sp³-hybridized carbons (Fsp3) is 1.00. The summed E-state index contributed by atoms with van der Waals surface area (Å²) in [5.41, 5.74) is 1.21. The summed E-state index contributed by atoms with van der Waals surface area (Å²) in [5, 5.41) is 10.1. The number of fused-ring (bicyclic) bond motifs is 6. The van der Waals surface area contributed by atoms with Crippen molar-refractivity contribution in [1.82, 2.24) is 0 Å². The van der Waals surface area contributed by atoms with Gasteiger partial charge in [0.2, 0.25) is 0 Å². The van der Waals surface area contributed by atoms with Crippen molar-refractivity contribution in [3.63, 3.8) is 0 Å². The van der Waals surface area contributed by atoms with Gasteiger partial charge in [0.05, 0.1) is 12.2 Å². The lowest BCUT2D eigenvalue weighted by atomic mass is 9.44. The molecule has 3 unspecified atom stereocenters. The molecule has 4 saturated carbocycles. The van der Waals surface area contributed by atoms with Gasteiger partial charge in [0.25, 0.3) is 0 Å². The van der Waals surface area contributed by atoms with Gasteiger partial charge >= 0.3 is 0 Å². The number of rotatable bonds is 0. The molecule has 1 heterocycles. The molecule has 1 aliphatic heterocycles. The highest BCUT2D eigenvalue weighted by Crippen LogP contribution is 2.72. The highest BCUT2D eigenvalue weighted by molar-refractivity contribution is 5.21. The molecule has 1 spiro atoms. The Balaban J connectivity index is 1.45. The third-order valence-electron chi connectivity index (χ3n) is 9.81. The third-order valence-corrected chi connectivity index (χ3v) is 9.81. The summed E-state index contributed by atoms with van der Waals surface area (Å²) in [5.74, 6) is 3.52. The van der Waals surface area contributed by atoms with Crippen LogP contribution in [0.4, 0.5) is 0 Å². The van der Waals surface area contributed by atoms with E-state index in [0.717, 1.165) is 36.5 Å². The Morgan fingerprint density at radius 2 is 1.65 bits per heavy atom. The minimum Gasteiger partial charge on any atom is -0.393 e. The lowest BCUT2D eigenvalue weighted by molar-refractivity contribution is -0.128. The first-order valence-corrected chi connectivity index (χ1v) is 10.3. The molecule has 0 aromatic carbocycles. The highest BCUT2D eigenvalue weighted by Gasteiger charge is 2.73. The summed E-state index contributed by atoms with van der Waals surface area (Å²) in [6, 6.07) is 0. The Hall–Kier alpha value is -0.0800. The number of ether oxygens (including phenoxy) is 1. The van der Waals surface area contributed by atoms with Gasteiger partial charge in [-0.3, -0.25) is 0 Å². The average Bonchev–Trinajstić information content (AvgIpc) is 3.08. The molecule has 4 aliphatic carbocycles. The minimum atomic E-state index is -0.0195. The van der Waals surface area contributed by atoms with Crippen molar-refractivity contribution in [2.24, 2.45) is 34.5 Å². The lowest BCUT2D eigenvalue weighted by Crippen LogP contribution is -2.55. The summed E-state index contributed by atoms with van der Waals surface area (Å²) < 4.78 is 6.23. The van der Waals surface area contributed by atoms with E-state index in [0.29, 0.717) is 16.9 Å². The molecule has 5 aliphatic rings. The number of aliphatic hydroxyl groups excluding tert-OH is 1. The Bertz CT molecular complexity index is 518. The van der Waals surface area contributed by atoms with Crippen molar-refractivity contribution in [3.05, 3.63) is 0 Å². The largest absolute Gasteiger partial charge is 0.393 e. The number of hydrogen-bond acceptors (Lipinski definition) is 2. The Morgan fingerprint density at radius 3 is 2.39 bits per heavy atom. The van der Waals surface area contributed by atoms with Crippen LogP contribution in [0.2, 0.25) is 0 Å². The molecule has 1 saturated heterocycles. The Kier molecular flexibility index (Phi) is 3.01. The fourth-order valence-electron chi connectivity index (χ4n) is 8.41. The molecule has 5 rings (SSSR count). The first-order valence-electron chi connectivity index (χ1n) is 10.3. The number of hydrogen-bond donors (Lipinski definition) is 1. The maximum Gasteiger partial charge on any atom is 0.100 e. The standard InChI is InChI=1S/C21H34O2/c1-13-21(23-13)11-8-18-16-5-4-14-12-15(22)6-9-19(14,2)17(16)7-10-20(18,21)3/h13-18,22H,4-12H2,1-3H3/t13?,14?,15?,16-,17+,18+,19+,20+,21+/m1/s1. The molecular weight excluding hydrogens is 284 g/mol. The quantitative estimate of drug-likeness (QED) is 0.665. The van der Waals surface area contributed by atoms with Crippen LogP contribution in [-0.2, 0) is 4.74 Å². The van der Waals surface area contributed by atoms with Gasteiger partial charge in [0.1, 0.15) is 5.60 Å². The van der Waals surface area contributed by atoms with E-state index in [4.69, 9.17) is 4.74 Å². The van der Waals surface area contributed by atoms with Crippen molar-refractivity contribution < 1.29 is 9.84 Å². The summed E-state index contributed by atoms with van der Waals surface area (Å²) in [7, 11) is 0. The monoisotopic (exact) mass is 318 g/mol. The van der Waals surface area contributed by atoms with E-state index in [9.17, 15) is 5.11 Å². The van der Waals surface area contributed by atoms with Crippen LogP contribution in [0.3, 0.4) is 0 Å². The normalized spacial score (nSPS) is 64.2. The fourth-order valence-corrected chi connectivity index (χ4v) is 8.41. The van der Waals surface area contributed by atoms with Gasteiger partial charge in [-0.2, -0.15) is 0 Å². The van der Waals surface area contributed by atoms with Gasteiger partial charge in [0, 0.05) is 5.41 Å². The number of epoxide rings is 1. The van der Waals surface area contributed by atoms with Gasteiger partial charge in [-0.05, 0) is 93.8 Å². The van der Waals surface area contributed by atoms with E-state index in [1.807, 2.05) is 0 Å². The third kappa shape index (κ3) is 1.73. The molecule has 0 aromatic heterocycles. The van der Waals surface area contributed by atoms with Gasteiger partial charge in [-0.25, -0.2) is 0 Å². The topological polar surface area (TPSA) is 32.8 Å². The molecule has 130 valence electrons. The Morgan fingerprint density at radius 1 is 0.913 bits per heavy atom. The summed E-state index contributed by atoms with van der Waals surface area (Å²) in [6.07, 6.45) is 12.2. The van der Waals surface area contributed by atoms with Gasteiger partial charge in [-0.15, -0.1) is 0 Å². The summed E-state index contributed by atoms with van der Waals surface area (Å²) >= 11 is 0. The first-order chi connectivity index (χ1) is 10.9. The van der Waals surface area contributed by atoms with E-state index >= 15 is 0 Å². The van der Waals surface area contributed by atoms with Crippen LogP contribution >= 0.6 is 0 Å². The van der Waals surface area contributed by atoms with Crippen LogP contribution < -0.4 is 0 Å². The van der Waals surface area contributed by atoms with Crippen LogP contribution in [-0.4, -0.2) is 22.9 Å². The smallest absolute Gasteiger partial charge is 0.100 e. The number of aliphatic hydroxyl groups is 1. The van der Waals surface area contributed by atoms with Crippen LogP contribution in [0.5, 0.6) is 0 Å². The molecule has 0 bridgehead atoms. The van der Waals surface area contributed by atoms with Crippen LogP contribution in [0.25, 0.3) is 0 Å². The molecule has 9 atom stereocenters. The first kappa shape index (κ1) is 15.2. The predicted octanol–water partition coefficient (Wildman–Crippen LogP) is 4.55. The second-order valence-corrected chi connectivity index (χ2v) is 10.2. The van der Waals surface area contributed by atoms with E-state index in [1.165, 1.54) is 44.9 Å². The average molecular weight is 319 g/mol. The molecule has 2 heteroatoms. The second kappa shape index (κ2) is 4.55. The van der Waals surface area contributed by atoms with Gasteiger partial charge < -0.3 is 9.84 Å². The van der Waals surface area contributed by atoms with Gasteiger partial charge in [-0.1, -0.05) is 13.8 Å². The zero-order valence-corrected chi connectivity index (χ0v) is 15.2. The van der Waals surface area contributed by atoms with Crippen LogP contribution in [0.1, 0.15) is 78.6 Å². The maximum absolute atomic E-state index is 10.1. The van der Waals surface area contributed by atoms with Crippen LogP contribution in [0, 0.1) is 34.5 Å². The summed E-state index contributed by atoms with van der Waals surface area (Å²) in [4.78, 5) is 0. The zero-order chi connectivity index (χ0) is 16.0. The molecule has 0 radical (unpaired) electrons. The molecule has 1 N–H and O–H groups in total. The van der Waals surface area contributed by atoms with Crippen LogP contribution in [0.15, 0.2) is 0 Å². The molecule has 23 heavy (non-hydrogen) atoms. The van der Waals surface area contributed by atoms with E-state index in [1.54, 1.807) is 0 Å². The van der Waals surface area contributed by atoms with Crippen molar-refractivity contribution in [1.29, 1.82) is 0 Å².